The minimum absolute atomic E-state index is 0.0578. The van der Waals surface area contributed by atoms with E-state index in [2.05, 4.69) is 4.85 Å². The van der Waals surface area contributed by atoms with Gasteiger partial charge in [0.2, 0.25) is 5.69 Å². The van der Waals surface area contributed by atoms with E-state index >= 15 is 0 Å². The summed E-state index contributed by atoms with van der Waals surface area (Å²) >= 11 is 1.23. The number of halogens is 2. The Kier molecular flexibility index (Phi) is 6.21. The van der Waals surface area contributed by atoms with Crippen molar-refractivity contribution in [1.82, 2.24) is 4.90 Å². The molecule has 3 aromatic rings. The number of benzene rings is 2. The molecule has 1 aromatic heterocycles. The average molecular weight is 454 g/mol. The van der Waals surface area contributed by atoms with E-state index in [0.717, 1.165) is 12.8 Å². The fraction of sp³-hybridized carbons (Fsp3) is 0.250. The number of carbonyl (C=O) groups is 1. The number of nitrogens with two attached hydrogens (primary N) is 1. The Bertz CT molecular complexity index is 1220. The number of thiophene rings is 1. The summed E-state index contributed by atoms with van der Waals surface area (Å²) in [5.74, 6) is -1.22. The lowest BCUT2D eigenvalue weighted by Crippen LogP contribution is -2.45. The Hall–Kier alpha value is -3.28. The minimum atomic E-state index is -0.648. The van der Waals surface area contributed by atoms with Crippen molar-refractivity contribution >= 4 is 22.9 Å². The fourth-order valence-corrected chi connectivity index (χ4v) is 4.99. The van der Waals surface area contributed by atoms with Gasteiger partial charge < -0.3 is 15.4 Å². The summed E-state index contributed by atoms with van der Waals surface area (Å²) in [6.07, 6.45) is 1.72. The molecule has 0 bridgehead atoms. The van der Waals surface area contributed by atoms with E-state index in [0.29, 0.717) is 39.5 Å². The summed E-state index contributed by atoms with van der Waals surface area (Å²) in [7, 11) is 1.39. The third kappa shape index (κ3) is 4.22. The van der Waals surface area contributed by atoms with Crippen LogP contribution in [0.2, 0.25) is 0 Å². The summed E-state index contributed by atoms with van der Waals surface area (Å²) in [6, 6.07) is 10.5. The smallest absolute Gasteiger partial charge is 0.264 e. The molecule has 0 radical (unpaired) electrons. The van der Waals surface area contributed by atoms with Gasteiger partial charge >= 0.3 is 0 Å². The largest absolute Gasteiger partial charge is 0.494 e. The van der Waals surface area contributed by atoms with Gasteiger partial charge in [0.1, 0.15) is 5.82 Å². The molecule has 164 valence electrons. The lowest BCUT2D eigenvalue weighted by Gasteiger charge is -2.30. The van der Waals surface area contributed by atoms with Crippen molar-refractivity contribution in [2.24, 2.45) is 5.73 Å². The Morgan fingerprint density at radius 2 is 1.94 bits per heavy atom. The summed E-state index contributed by atoms with van der Waals surface area (Å²) in [5, 5.41) is 0. The molecule has 8 heteroatoms. The maximum atomic E-state index is 14.4. The fourth-order valence-electron chi connectivity index (χ4n) is 3.85. The van der Waals surface area contributed by atoms with Gasteiger partial charge in [-0.2, -0.15) is 0 Å². The molecule has 2 N–H and O–H groups in total. The summed E-state index contributed by atoms with van der Waals surface area (Å²) in [4.78, 5) is 19.2. The number of piperidine rings is 1. The first-order valence-corrected chi connectivity index (χ1v) is 10.9. The summed E-state index contributed by atoms with van der Waals surface area (Å²) < 4.78 is 33.8. The summed E-state index contributed by atoms with van der Waals surface area (Å²) in [6.45, 7) is 8.17. The zero-order valence-corrected chi connectivity index (χ0v) is 18.2. The average Bonchev–Trinajstić information content (AvgIpc) is 3.24. The molecule has 1 saturated heterocycles. The zero-order chi connectivity index (χ0) is 22.8. The normalized spacial score (nSPS) is 16.0. The van der Waals surface area contributed by atoms with E-state index < -0.39 is 11.6 Å². The maximum absolute atomic E-state index is 14.4. The van der Waals surface area contributed by atoms with Crippen molar-refractivity contribution in [3.8, 4) is 27.3 Å². The highest BCUT2D eigenvalue weighted by Gasteiger charge is 2.26. The predicted molar refractivity (Wildman–Crippen MR) is 121 cm³/mol. The first-order valence-electron chi connectivity index (χ1n) is 10.1. The van der Waals surface area contributed by atoms with Crippen molar-refractivity contribution in [1.29, 1.82) is 0 Å². The lowest BCUT2D eigenvalue weighted by atomic mass is 10.0. The second-order valence-electron chi connectivity index (χ2n) is 7.63. The van der Waals surface area contributed by atoms with Gasteiger partial charge in [-0.3, -0.25) is 4.79 Å². The van der Waals surface area contributed by atoms with E-state index in [4.69, 9.17) is 17.0 Å². The van der Waals surface area contributed by atoms with Crippen molar-refractivity contribution < 1.29 is 18.3 Å². The molecule has 1 amide bonds. The van der Waals surface area contributed by atoms with E-state index in [1.54, 1.807) is 23.1 Å². The van der Waals surface area contributed by atoms with Gasteiger partial charge in [-0.25, -0.2) is 13.6 Å². The van der Waals surface area contributed by atoms with Crippen molar-refractivity contribution in [3.05, 3.63) is 70.4 Å². The quantitative estimate of drug-likeness (QED) is 0.532. The molecule has 32 heavy (non-hydrogen) atoms. The molecule has 1 aliphatic rings. The molecule has 1 aliphatic heterocycles. The van der Waals surface area contributed by atoms with E-state index in [-0.39, 0.29) is 23.4 Å². The number of rotatable bonds is 4. The van der Waals surface area contributed by atoms with Gasteiger partial charge in [0.15, 0.2) is 11.6 Å². The second-order valence-corrected chi connectivity index (χ2v) is 8.69. The Morgan fingerprint density at radius 1 is 1.19 bits per heavy atom. The number of nitrogens with zero attached hydrogens (tertiary/aromatic N) is 2. The maximum Gasteiger partial charge on any atom is 0.264 e. The minimum Gasteiger partial charge on any atom is -0.494 e. The third-order valence-electron chi connectivity index (χ3n) is 5.48. The lowest BCUT2D eigenvalue weighted by molar-refractivity contribution is 0.0714. The van der Waals surface area contributed by atoms with Crippen LogP contribution in [0.5, 0.6) is 5.75 Å². The van der Waals surface area contributed by atoms with E-state index in [1.807, 2.05) is 0 Å². The van der Waals surface area contributed by atoms with Crippen LogP contribution in [0.15, 0.2) is 42.5 Å². The molecule has 0 aliphatic carbocycles. The van der Waals surface area contributed by atoms with Crippen LogP contribution in [-0.4, -0.2) is 37.0 Å². The molecule has 1 atom stereocenters. The van der Waals surface area contributed by atoms with Crippen molar-refractivity contribution in [2.75, 3.05) is 20.2 Å². The third-order valence-corrected chi connectivity index (χ3v) is 6.65. The van der Waals surface area contributed by atoms with Gasteiger partial charge in [-0.1, -0.05) is 12.1 Å². The van der Waals surface area contributed by atoms with Crippen LogP contribution < -0.4 is 10.5 Å². The van der Waals surface area contributed by atoms with Crippen LogP contribution in [0, 0.1) is 18.2 Å². The van der Waals surface area contributed by atoms with Gasteiger partial charge in [0.05, 0.1) is 18.6 Å². The first-order chi connectivity index (χ1) is 15.4. The number of hydrogen-bond acceptors (Lipinski definition) is 4. The van der Waals surface area contributed by atoms with Gasteiger partial charge in [0.25, 0.3) is 5.91 Å². The van der Waals surface area contributed by atoms with Crippen LogP contribution in [0.3, 0.4) is 0 Å². The topological polar surface area (TPSA) is 59.9 Å². The van der Waals surface area contributed by atoms with E-state index in [9.17, 15) is 13.6 Å². The number of methoxy groups -OCH3 is 1. The van der Waals surface area contributed by atoms with Crippen LogP contribution in [0.4, 0.5) is 14.5 Å². The monoisotopic (exact) mass is 453 g/mol. The number of hydrogen-bond donors (Lipinski definition) is 1. The Balaban J connectivity index is 1.82. The highest BCUT2D eigenvalue weighted by molar-refractivity contribution is 7.18. The standard InChI is InChI=1S/C24H21F2N3O2S/c1-28-20-7-5-14(10-18(20)25)17-12-22(24(30)29-9-3-4-16(27)13-29)32-23(17)15-6-8-21(31-2)19(26)11-15/h5-8,10-12,16H,3-4,9,13,27H2,2H3/t16-/m0/s1. The number of likely N-dealkylation sites (tertiary alicyclic amines) is 1. The Morgan fingerprint density at radius 3 is 2.59 bits per heavy atom. The van der Waals surface area contributed by atoms with Crippen LogP contribution in [0.25, 0.3) is 26.4 Å². The van der Waals surface area contributed by atoms with Crippen LogP contribution in [-0.2, 0) is 0 Å². The summed E-state index contributed by atoms with van der Waals surface area (Å²) in [5.41, 5.74) is 7.60. The zero-order valence-electron chi connectivity index (χ0n) is 17.4. The predicted octanol–water partition coefficient (Wildman–Crippen LogP) is 5.48. The van der Waals surface area contributed by atoms with Gasteiger partial charge in [-0.05, 0) is 54.3 Å². The first kappa shape index (κ1) is 21.9. The molecule has 2 aromatic carbocycles. The van der Waals surface area contributed by atoms with Crippen molar-refractivity contribution in [2.45, 2.75) is 18.9 Å². The molecular formula is C24H21F2N3O2S. The number of ether oxygens (including phenoxy) is 1. The van der Waals surface area contributed by atoms with Crippen LogP contribution >= 0.6 is 11.3 Å². The molecule has 1 fully saturated rings. The highest BCUT2D eigenvalue weighted by atomic mass is 32.1. The van der Waals surface area contributed by atoms with Crippen LogP contribution in [0.1, 0.15) is 22.5 Å². The second kappa shape index (κ2) is 9.07. The number of carbonyl (C=O) groups excluding carboxylic acids is 1. The highest BCUT2D eigenvalue weighted by Crippen LogP contribution is 2.42. The Labute approximate surface area is 188 Å². The van der Waals surface area contributed by atoms with Crippen molar-refractivity contribution in [3.63, 3.8) is 0 Å². The molecule has 5 nitrogen and oxygen atoms in total. The molecule has 0 unspecified atom stereocenters. The van der Waals surface area contributed by atoms with E-state index in [1.165, 1.54) is 42.7 Å². The molecule has 0 saturated carbocycles. The number of amides is 1. The molecule has 2 heterocycles. The molecular weight excluding hydrogens is 432 g/mol. The van der Waals surface area contributed by atoms with Gasteiger partial charge in [0, 0.05) is 29.6 Å². The SMILES string of the molecule is [C-]#[N+]c1ccc(-c2cc(C(=O)N3CCC[C@H](N)C3)sc2-c2ccc(OC)c(F)c2)cc1F. The molecule has 0 spiro atoms. The molecule has 4 rings (SSSR count). The van der Waals surface area contributed by atoms with Gasteiger partial charge in [-0.15, -0.1) is 11.3 Å².